The van der Waals surface area contributed by atoms with E-state index in [9.17, 15) is 4.79 Å². The standard InChI is InChI=1S/C17H24Cl2N4O2/c1-20-17(23(2)10-12-5-8-25-11-12)22-7-6-21-16(24)13-3-4-14(18)15(19)9-13/h3-4,9,12H,5-8,10-11H2,1-2H3,(H,20,22)(H,21,24). The predicted octanol–water partition coefficient (Wildman–Crippen LogP) is 2.27. The zero-order valence-electron chi connectivity index (χ0n) is 14.5. The Kier molecular flexibility index (Phi) is 7.81. The highest BCUT2D eigenvalue weighted by Gasteiger charge is 2.19. The third kappa shape index (κ3) is 6.06. The van der Waals surface area contributed by atoms with Crippen LogP contribution in [0.2, 0.25) is 10.0 Å². The van der Waals surface area contributed by atoms with Crippen molar-refractivity contribution in [3.05, 3.63) is 33.8 Å². The molecule has 25 heavy (non-hydrogen) atoms. The summed E-state index contributed by atoms with van der Waals surface area (Å²) in [6, 6.07) is 4.82. The fourth-order valence-corrected chi connectivity index (χ4v) is 2.97. The van der Waals surface area contributed by atoms with Crippen molar-refractivity contribution in [2.75, 3.05) is 46.9 Å². The van der Waals surface area contributed by atoms with Gasteiger partial charge in [0.2, 0.25) is 0 Å². The van der Waals surface area contributed by atoms with Gasteiger partial charge >= 0.3 is 0 Å². The van der Waals surface area contributed by atoms with Crippen molar-refractivity contribution in [3.8, 4) is 0 Å². The number of carbonyl (C=O) groups is 1. The number of amides is 1. The Labute approximate surface area is 158 Å². The van der Waals surface area contributed by atoms with E-state index in [2.05, 4.69) is 20.5 Å². The van der Waals surface area contributed by atoms with Gasteiger partial charge in [-0.25, -0.2) is 0 Å². The third-order valence-electron chi connectivity index (χ3n) is 4.00. The van der Waals surface area contributed by atoms with Crippen molar-refractivity contribution in [1.82, 2.24) is 15.5 Å². The van der Waals surface area contributed by atoms with Gasteiger partial charge in [-0.3, -0.25) is 9.79 Å². The number of hydrogen-bond acceptors (Lipinski definition) is 3. The molecule has 1 aromatic carbocycles. The van der Waals surface area contributed by atoms with E-state index < -0.39 is 0 Å². The molecular weight excluding hydrogens is 363 g/mol. The molecule has 1 atom stereocenters. The van der Waals surface area contributed by atoms with E-state index in [-0.39, 0.29) is 5.91 Å². The van der Waals surface area contributed by atoms with Crippen LogP contribution >= 0.6 is 23.2 Å². The first-order valence-corrected chi connectivity index (χ1v) is 8.99. The topological polar surface area (TPSA) is 66.0 Å². The van der Waals surface area contributed by atoms with E-state index in [1.807, 2.05) is 7.05 Å². The molecule has 1 aliphatic heterocycles. The van der Waals surface area contributed by atoms with Crippen LogP contribution in [-0.2, 0) is 4.74 Å². The normalized spacial score (nSPS) is 17.4. The van der Waals surface area contributed by atoms with Crippen molar-refractivity contribution >= 4 is 35.1 Å². The number of rotatable bonds is 6. The van der Waals surface area contributed by atoms with Crippen molar-refractivity contribution in [2.24, 2.45) is 10.9 Å². The van der Waals surface area contributed by atoms with Crippen molar-refractivity contribution in [1.29, 1.82) is 0 Å². The molecule has 0 saturated carbocycles. The third-order valence-corrected chi connectivity index (χ3v) is 4.74. The van der Waals surface area contributed by atoms with Crippen LogP contribution < -0.4 is 10.6 Å². The number of hydrogen-bond donors (Lipinski definition) is 2. The van der Waals surface area contributed by atoms with E-state index in [0.29, 0.717) is 34.6 Å². The van der Waals surface area contributed by atoms with Gasteiger partial charge in [0, 0.05) is 51.8 Å². The summed E-state index contributed by atoms with van der Waals surface area (Å²) in [5.74, 6) is 1.15. The highest BCUT2D eigenvalue weighted by molar-refractivity contribution is 6.42. The zero-order chi connectivity index (χ0) is 18.2. The van der Waals surface area contributed by atoms with E-state index >= 15 is 0 Å². The minimum Gasteiger partial charge on any atom is -0.381 e. The molecule has 138 valence electrons. The van der Waals surface area contributed by atoms with Crippen LogP contribution in [-0.4, -0.2) is 63.7 Å². The summed E-state index contributed by atoms with van der Waals surface area (Å²) in [5, 5.41) is 6.88. The van der Waals surface area contributed by atoms with Crippen molar-refractivity contribution in [2.45, 2.75) is 6.42 Å². The Morgan fingerprint density at radius 3 is 2.72 bits per heavy atom. The molecule has 1 heterocycles. The Bertz CT molecular complexity index is 619. The van der Waals surface area contributed by atoms with Gasteiger partial charge in [0.05, 0.1) is 16.7 Å². The molecule has 0 aliphatic carbocycles. The molecule has 8 heteroatoms. The highest BCUT2D eigenvalue weighted by atomic mass is 35.5. The van der Waals surface area contributed by atoms with Crippen LogP contribution in [0.4, 0.5) is 0 Å². The fourth-order valence-electron chi connectivity index (χ4n) is 2.68. The van der Waals surface area contributed by atoms with E-state index in [1.54, 1.807) is 25.2 Å². The molecule has 2 N–H and O–H groups in total. The highest BCUT2D eigenvalue weighted by Crippen LogP contribution is 2.22. The second-order valence-corrected chi connectivity index (χ2v) is 6.78. The van der Waals surface area contributed by atoms with Crippen molar-refractivity contribution < 1.29 is 9.53 Å². The average molecular weight is 387 g/mol. The Hall–Kier alpha value is -1.50. The number of benzene rings is 1. The van der Waals surface area contributed by atoms with Crippen LogP contribution in [0.5, 0.6) is 0 Å². The molecule has 6 nitrogen and oxygen atoms in total. The minimum atomic E-state index is -0.188. The molecule has 1 aliphatic rings. The maximum atomic E-state index is 12.1. The monoisotopic (exact) mass is 386 g/mol. The lowest BCUT2D eigenvalue weighted by Crippen LogP contribution is -2.44. The van der Waals surface area contributed by atoms with Crippen LogP contribution in [0.15, 0.2) is 23.2 Å². The van der Waals surface area contributed by atoms with Gasteiger partial charge in [-0.15, -0.1) is 0 Å². The average Bonchev–Trinajstić information content (AvgIpc) is 3.10. The molecule has 1 fully saturated rings. The summed E-state index contributed by atoms with van der Waals surface area (Å²) in [5.41, 5.74) is 0.483. The van der Waals surface area contributed by atoms with E-state index in [1.165, 1.54) is 0 Å². The van der Waals surface area contributed by atoms with Crippen molar-refractivity contribution in [3.63, 3.8) is 0 Å². The number of guanidine groups is 1. The van der Waals surface area contributed by atoms with Gasteiger partial charge in [0.15, 0.2) is 5.96 Å². The molecule has 1 aromatic rings. The van der Waals surface area contributed by atoms with Crippen LogP contribution in [0.25, 0.3) is 0 Å². The van der Waals surface area contributed by atoms with Crippen LogP contribution in [0.1, 0.15) is 16.8 Å². The zero-order valence-corrected chi connectivity index (χ0v) is 16.0. The maximum Gasteiger partial charge on any atom is 0.251 e. The lowest BCUT2D eigenvalue weighted by molar-refractivity contribution is 0.0954. The number of carbonyl (C=O) groups excluding carboxylic acids is 1. The molecule has 1 unspecified atom stereocenters. The Morgan fingerprint density at radius 1 is 1.32 bits per heavy atom. The summed E-state index contributed by atoms with van der Waals surface area (Å²) >= 11 is 11.8. The van der Waals surface area contributed by atoms with Gasteiger partial charge in [0.25, 0.3) is 5.91 Å². The molecule has 1 amide bonds. The Balaban J connectivity index is 1.72. The minimum absolute atomic E-state index is 0.188. The first-order valence-electron chi connectivity index (χ1n) is 8.24. The molecule has 0 aromatic heterocycles. The van der Waals surface area contributed by atoms with Gasteiger partial charge in [-0.1, -0.05) is 23.2 Å². The first kappa shape index (κ1) is 19.8. The molecule has 0 bridgehead atoms. The van der Waals surface area contributed by atoms with E-state index in [4.69, 9.17) is 27.9 Å². The summed E-state index contributed by atoms with van der Waals surface area (Å²) in [4.78, 5) is 18.4. The summed E-state index contributed by atoms with van der Waals surface area (Å²) in [6.07, 6.45) is 1.08. The number of aliphatic imine (C=N–C) groups is 1. The molecule has 1 saturated heterocycles. The van der Waals surface area contributed by atoms with Crippen LogP contribution in [0.3, 0.4) is 0 Å². The summed E-state index contributed by atoms with van der Waals surface area (Å²) in [6.45, 7) is 3.59. The number of nitrogens with one attached hydrogen (secondary N) is 2. The fraction of sp³-hybridized carbons (Fsp3) is 0.529. The molecule has 0 spiro atoms. The summed E-state index contributed by atoms with van der Waals surface area (Å²) in [7, 11) is 3.75. The maximum absolute atomic E-state index is 12.1. The second-order valence-electron chi connectivity index (χ2n) is 5.97. The predicted molar refractivity (Wildman–Crippen MR) is 102 cm³/mol. The number of halogens is 2. The Morgan fingerprint density at radius 2 is 2.08 bits per heavy atom. The van der Waals surface area contributed by atoms with Gasteiger partial charge in [-0.2, -0.15) is 0 Å². The number of nitrogens with zero attached hydrogens (tertiary/aromatic N) is 2. The lowest BCUT2D eigenvalue weighted by Gasteiger charge is -2.24. The van der Waals surface area contributed by atoms with Gasteiger partial charge < -0.3 is 20.3 Å². The molecule has 2 rings (SSSR count). The molecular formula is C17H24Cl2N4O2. The second kappa shape index (κ2) is 9.85. The van der Waals surface area contributed by atoms with Gasteiger partial charge in [-0.05, 0) is 24.6 Å². The van der Waals surface area contributed by atoms with Crippen LogP contribution in [0, 0.1) is 5.92 Å². The largest absolute Gasteiger partial charge is 0.381 e. The quantitative estimate of drug-likeness (QED) is 0.447. The summed E-state index contributed by atoms with van der Waals surface area (Å²) < 4.78 is 5.40. The smallest absolute Gasteiger partial charge is 0.251 e. The first-order chi connectivity index (χ1) is 12.0. The van der Waals surface area contributed by atoms with E-state index in [0.717, 1.165) is 32.1 Å². The van der Waals surface area contributed by atoms with Gasteiger partial charge in [0.1, 0.15) is 0 Å². The number of ether oxygens (including phenoxy) is 1. The SMILES string of the molecule is CN=C(NCCNC(=O)c1ccc(Cl)c(Cl)c1)N(C)CC1CCOC1. The molecule has 0 radical (unpaired) electrons. The lowest BCUT2D eigenvalue weighted by atomic mass is 10.1.